The minimum absolute atomic E-state index is 0.116. The summed E-state index contributed by atoms with van der Waals surface area (Å²) in [5.74, 6) is -0.648. The molecule has 0 aliphatic heterocycles. The van der Waals surface area contributed by atoms with Crippen molar-refractivity contribution in [2.24, 2.45) is 10.2 Å². The molecule has 0 saturated carbocycles. The molecule has 0 aliphatic rings. The van der Waals surface area contributed by atoms with Gasteiger partial charge in [-0.3, -0.25) is 4.79 Å². The maximum Gasteiger partial charge on any atom is 0.307 e. The number of carbonyl (C=O) groups excluding carboxylic acids is 1. The Balaban J connectivity index is 2.05. The fraction of sp³-hybridized carbons (Fsp3) is 0.200. The maximum atomic E-state index is 12.1. The number of rotatable bonds is 2. The zero-order valence-corrected chi connectivity index (χ0v) is 13.7. The van der Waals surface area contributed by atoms with Gasteiger partial charge >= 0.3 is 5.91 Å². The monoisotopic (exact) mass is 329 g/mol. The molecule has 8 heteroatoms. The van der Waals surface area contributed by atoms with Crippen molar-refractivity contribution >= 4 is 39.0 Å². The molecule has 3 aromatic rings. The Labute approximate surface area is 135 Å². The number of hydrogen-bond donors (Lipinski definition) is 3. The number of benzene rings is 1. The van der Waals surface area contributed by atoms with E-state index in [0.29, 0.717) is 15.7 Å². The number of azo groups is 1. The Morgan fingerprint density at radius 1 is 1.30 bits per heavy atom. The third-order valence-corrected chi connectivity index (χ3v) is 4.55. The molecule has 23 heavy (non-hydrogen) atoms. The predicted molar refractivity (Wildman–Crippen MR) is 89.5 cm³/mol. The molecular formula is C15H15N5O2S. The Kier molecular flexibility index (Phi) is 3.61. The van der Waals surface area contributed by atoms with Gasteiger partial charge in [-0.2, -0.15) is 0 Å². The number of hydrogen-bond acceptors (Lipinski definition) is 6. The summed E-state index contributed by atoms with van der Waals surface area (Å²) in [6.45, 7) is 5.52. The molecule has 0 atom stereocenters. The lowest BCUT2D eigenvalue weighted by Gasteiger charge is -1.99. The van der Waals surface area contributed by atoms with E-state index >= 15 is 0 Å². The van der Waals surface area contributed by atoms with Crippen molar-refractivity contribution in [3.8, 4) is 5.88 Å². The van der Waals surface area contributed by atoms with Crippen LogP contribution in [-0.4, -0.2) is 21.0 Å². The maximum absolute atomic E-state index is 12.1. The molecule has 0 unspecified atom stereocenters. The summed E-state index contributed by atoms with van der Waals surface area (Å²) in [4.78, 5) is 19.3. The molecule has 0 fully saturated rings. The van der Waals surface area contributed by atoms with Crippen molar-refractivity contribution in [2.75, 3.05) is 5.73 Å². The second-order valence-corrected chi connectivity index (χ2v) is 6.27. The average molecular weight is 329 g/mol. The zero-order valence-electron chi connectivity index (χ0n) is 12.8. The topological polar surface area (TPSA) is 117 Å². The summed E-state index contributed by atoms with van der Waals surface area (Å²) in [6.07, 6.45) is 0. The van der Waals surface area contributed by atoms with Gasteiger partial charge in [-0.15, -0.1) is 10.2 Å². The summed E-state index contributed by atoms with van der Waals surface area (Å²) in [5.41, 5.74) is 9.04. The van der Waals surface area contributed by atoms with Gasteiger partial charge in [-0.25, -0.2) is 4.98 Å². The van der Waals surface area contributed by atoms with E-state index in [1.54, 1.807) is 6.92 Å². The molecule has 7 nitrogen and oxygen atoms in total. The van der Waals surface area contributed by atoms with Crippen LogP contribution in [0, 0.1) is 20.8 Å². The standard InChI is InChI=1S/C15H15N5O2S/c1-6-4-5-7(2)10-9(6)11(13(21)18-10)19-20-14(22)12-8(3)17-15(16)23-12/h4-5,18,21H,1-3H3,(H2,16,17). The number of nitrogen functional groups attached to an aromatic ring is 1. The minimum atomic E-state index is -0.532. The number of aromatic amines is 1. The largest absolute Gasteiger partial charge is 0.493 e. The highest BCUT2D eigenvalue weighted by Gasteiger charge is 2.17. The van der Waals surface area contributed by atoms with Gasteiger partial charge in [0.05, 0.1) is 11.2 Å². The van der Waals surface area contributed by atoms with Gasteiger partial charge in [0.1, 0.15) is 4.88 Å². The normalized spacial score (nSPS) is 11.6. The molecule has 2 heterocycles. The number of nitrogens with two attached hydrogens (primary N) is 1. The van der Waals surface area contributed by atoms with E-state index in [2.05, 4.69) is 20.2 Å². The van der Waals surface area contributed by atoms with Crippen LogP contribution in [0.5, 0.6) is 5.88 Å². The van der Waals surface area contributed by atoms with Gasteiger partial charge in [0.15, 0.2) is 10.8 Å². The van der Waals surface area contributed by atoms with Gasteiger partial charge in [0, 0.05) is 5.39 Å². The van der Waals surface area contributed by atoms with Crippen LogP contribution in [0.2, 0.25) is 0 Å². The van der Waals surface area contributed by atoms with Gasteiger partial charge in [0.2, 0.25) is 5.88 Å². The van der Waals surface area contributed by atoms with Crippen LogP contribution in [0.1, 0.15) is 26.5 Å². The van der Waals surface area contributed by atoms with E-state index in [1.807, 2.05) is 26.0 Å². The molecule has 2 aromatic heterocycles. The molecule has 0 spiro atoms. The number of thiazole rings is 1. The molecule has 3 rings (SSSR count). The zero-order chi connectivity index (χ0) is 16.7. The Hall–Kier alpha value is -2.74. The molecule has 1 amide bonds. The van der Waals surface area contributed by atoms with Gasteiger partial charge < -0.3 is 15.8 Å². The highest BCUT2D eigenvalue weighted by Crippen LogP contribution is 2.39. The molecular weight excluding hydrogens is 314 g/mol. The summed E-state index contributed by atoms with van der Waals surface area (Å²) >= 11 is 1.07. The number of nitrogens with one attached hydrogen (secondary N) is 1. The lowest BCUT2D eigenvalue weighted by molar-refractivity contribution is 0.0998. The van der Waals surface area contributed by atoms with E-state index in [0.717, 1.165) is 33.4 Å². The Morgan fingerprint density at radius 3 is 2.65 bits per heavy atom. The molecule has 1 aromatic carbocycles. The quantitative estimate of drug-likeness (QED) is 0.620. The van der Waals surface area contributed by atoms with Crippen LogP contribution in [0.3, 0.4) is 0 Å². The molecule has 4 N–H and O–H groups in total. The number of aryl methyl sites for hydroxylation is 3. The SMILES string of the molecule is Cc1nc(N)sc1C(=O)N=Nc1c(O)[nH]c2c(C)ccc(C)c12. The first-order chi connectivity index (χ1) is 10.9. The van der Waals surface area contributed by atoms with Crippen LogP contribution in [-0.2, 0) is 0 Å². The van der Waals surface area contributed by atoms with Gasteiger partial charge in [-0.1, -0.05) is 23.5 Å². The lowest BCUT2D eigenvalue weighted by atomic mass is 10.1. The number of anilines is 1. The van der Waals surface area contributed by atoms with Crippen LogP contribution in [0.15, 0.2) is 22.4 Å². The first-order valence-electron chi connectivity index (χ1n) is 6.88. The van der Waals surface area contributed by atoms with Crippen LogP contribution >= 0.6 is 11.3 Å². The molecule has 0 saturated heterocycles. The number of fused-ring (bicyclic) bond motifs is 1. The molecule has 0 aliphatic carbocycles. The number of carbonyl (C=O) groups is 1. The summed E-state index contributed by atoms with van der Waals surface area (Å²) < 4.78 is 0. The second kappa shape index (κ2) is 5.47. The van der Waals surface area contributed by atoms with Crippen molar-refractivity contribution in [1.29, 1.82) is 0 Å². The average Bonchev–Trinajstić information content (AvgIpc) is 3.01. The van der Waals surface area contributed by atoms with Crippen molar-refractivity contribution in [3.63, 3.8) is 0 Å². The third-order valence-electron chi connectivity index (χ3n) is 3.57. The van der Waals surface area contributed by atoms with E-state index in [1.165, 1.54) is 0 Å². The Morgan fingerprint density at radius 2 is 2.00 bits per heavy atom. The van der Waals surface area contributed by atoms with Crippen molar-refractivity contribution in [2.45, 2.75) is 20.8 Å². The minimum Gasteiger partial charge on any atom is -0.493 e. The van der Waals surface area contributed by atoms with Gasteiger partial charge in [0.25, 0.3) is 0 Å². The third kappa shape index (κ3) is 2.57. The number of amides is 1. The highest BCUT2D eigenvalue weighted by atomic mass is 32.1. The fourth-order valence-electron chi connectivity index (χ4n) is 2.43. The van der Waals surface area contributed by atoms with E-state index < -0.39 is 5.91 Å². The van der Waals surface area contributed by atoms with E-state index in [-0.39, 0.29) is 11.6 Å². The lowest BCUT2D eigenvalue weighted by Crippen LogP contribution is -1.92. The summed E-state index contributed by atoms with van der Waals surface area (Å²) in [7, 11) is 0. The molecule has 118 valence electrons. The van der Waals surface area contributed by atoms with Crippen molar-refractivity contribution in [3.05, 3.63) is 33.8 Å². The molecule has 0 radical (unpaired) electrons. The Bertz CT molecular complexity index is 955. The number of aromatic hydroxyl groups is 1. The first kappa shape index (κ1) is 15.2. The smallest absolute Gasteiger partial charge is 0.307 e. The number of nitrogens with zero attached hydrogens (tertiary/aromatic N) is 3. The highest BCUT2D eigenvalue weighted by molar-refractivity contribution is 7.17. The van der Waals surface area contributed by atoms with E-state index in [4.69, 9.17) is 5.73 Å². The fourth-order valence-corrected chi connectivity index (χ4v) is 3.14. The van der Waals surface area contributed by atoms with Crippen LogP contribution < -0.4 is 5.73 Å². The van der Waals surface area contributed by atoms with Gasteiger partial charge in [-0.05, 0) is 31.9 Å². The van der Waals surface area contributed by atoms with E-state index in [9.17, 15) is 9.90 Å². The number of aromatic nitrogens is 2. The molecule has 0 bridgehead atoms. The predicted octanol–water partition coefficient (Wildman–Crippen LogP) is 3.76. The second-order valence-electron chi connectivity index (χ2n) is 5.24. The summed E-state index contributed by atoms with van der Waals surface area (Å²) in [5, 5.41) is 18.8. The van der Waals surface area contributed by atoms with Crippen molar-refractivity contribution < 1.29 is 9.90 Å². The number of H-pyrrole nitrogens is 1. The first-order valence-corrected chi connectivity index (χ1v) is 7.70. The van der Waals surface area contributed by atoms with Crippen LogP contribution in [0.4, 0.5) is 10.8 Å². The van der Waals surface area contributed by atoms with Crippen LogP contribution in [0.25, 0.3) is 10.9 Å². The summed E-state index contributed by atoms with van der Waals surface area (Å²) in [6, 6.07) is 3.88. The van der Waals surface area contributed by atoms with Crippen molar-refractivity contribution in [1.82, 2.24) is 9.97 Å².